The van der Waals surface area contributed by atoms with Gasteiger partial charge in [0.1, 0.15) is 0 Å². The van der Waals surface area contributed by atoms with Gasteiger partial charge in [0.25, 0.3) is 5.69 Å². The topological polar surface area (TPSA) is 76.3 Å². The van der Waals surface area contributed by atoms with E-state index in [2.05, 4.69) is 11.6 Å². The molecule has 2 rings (SSSR count). The van der Waals surface area contributed by atoms with E-state index < -0.39 is 0 Å². The van der Waals surface area contributed by atoms with E-state index in [1.807, 2.05) is 31.4 Å². The molecule has 0 aliphatic carbocycles. The fourth-order valence-corrected chi connectivity index (χ4v) is 3.12. The molecule has 0 fully saturated rings. The third-order valence-electron chi connectivity index (χ3n) is 3.52. The molecule has 0 saturated carbocycles. The van der Waals surface area contributed by atoms with E-state index in [1.54, 1.807) is 30.4 Å². The van der Waals surface area contributed by atoms with Crippen molar-refractivity contribution in [2.24, 2.45) is 0 Å². The quantitative estimate of drug-likeness (QED) is 0.493. The molecule has 0 atom stereocenters. The van der Waals surface area contributed by atoms with E-state index in [9.17, 15) is 10.1 Å². The molecule has 1 aromatic heterocycles. The average molecular weight is 346 g/mol. The van der Waals surface area contributed by atoms with E-state index in [1.165, 1.54) is 0 Å². The van der Waals surface area contributed by atoms with Gasteiger partial charge in [-0.25, -0.2) is 4.98 Å². The normalized spacial score (nSPS) is 10.8. The van der Waals surface area contributed by atoms with Gasteiger partial charge in [-0.1, -0.05) is 18.7 Å². The van der Waals surface area contributed by atoms with Gasteiger partial charge in [-0.2, -0.15) is 0 Å². The number of aliphatic hydroxyl groups excluding tert-OH is 1. The maximum Gasteiger partial charge on any atom is 0.272 e. The zero-order valence-corrected chi connectivity index (χ0v) is 15.2. The van der Waals surface area contributed by atoms with Crippen molar-refractivity contribution < 1.29 is 10.0 Å². The minimum atomic E-state index is -0.336. The highest BCUT2D eigenvalue weighted by Crippen LogP contribution is 2.26. The second-order valence-electron chi connectivity index (χ2n) is 5.21. The summed E-state index contributed by atoms with van der Waals surface area (Å²) in [5.74, 6) is 0. The van der Waals surface area contributed by atoms with Gasteiger partial charge in [0.2, 0.25) is 0 Å². The molecular weight excluding hydrogens is 324 g/mol. The standard InChI is InChI=1S/C17H18N2O2S.CH4O/c1-5-6-11(2)15-10-22-17(18-15)9-14-7-13(4)16(19(20)21)8-12(14)3;1-2/h5-8,10H,1,9H2,2-4H3;2H,1H3/b11-6+;. The maximum atomic E-state index is 11.0. The summed E-state index contributed by atoms with van der Waals surface area (Å²) in [4.78, 5) is 15.2. The fourth-order valence-electron chi connectivity index (χ4n) is 2.25. The lowest BCUT2D eigenvalue weighted by Crippen LogP contribution is -1.98. The van der Waals surface area contributed by atoms with Gasteiger partial charge in [-0.3, -0.25) is 10.1 Å². The molecular formula is C18H22N2O3S. The Balaban J connectivity index is 0.00000139. The molecule has 1 N–H and O–H groups in total. The lowest BCUT2D eigenvalue weighted by Gasteiger charge is -2.06. The first-order valence-electron chi connectivity index (χ1n) is 7.35. The molecule has 6 heteroatoms. The van der Waals surface area contributed by atoms with Crippen LogP contribution in [0.1, 0.15) is 34.3 Å². The highest BCUT2D eigenvalue weighted by Gasteiger charge is 2.14. The van der Waals surface area contributed by atoms with Crippen LogP contribution in [-0.2, 0) is 6.42 Å². The Hall–Kier alpha value is -2.31. The highest BCUT2D eigenvalue weighted by atomic mass is 32.1. The third kappa shape index (κ3) is 4.84. The summed E-state index contributed by atoms with van der Waals surface area (Å²) >= 11 is 1.60. The zero-order valence-electron chi connectivity index (χ0n) is 14.4. The Kier molecular flexibility index (Phi) is 7.48. The summed E-state index contributed by atoms with van der Waals surface area (Å²) in [7, 11) is 1.00. The van der Waals surface area contributed by atoms with E-state index in [0.717, 1.165) is 34.5 Å². The van der Waals surface area contributed by atoms with Crippen molar-refractivity contribution >= 4 is 22.6 Å². The Morgan fingerprint density at radius 2 is 2.04 bits per heavy atom. The molecule has 0 amide bonds. The molecule has 2 aromatic rings. The molecule has 0 aliphatic heterocycles. The van der Waals surface area contributed by atoms with Crippen molar-refractivity contribution in [2.45, 2.75) is 27.2 Å². The minimum absolute atomic E-state index is 0.172. The molecule has 5 nitrogen and oxygen atoms in total. The molecule has 0 aliphatic rings. The van der Waals surface area contributed by atoms with Crippen molar-refractivity contribution in [1.29, 1.82) is 0 Å². The first-order chi connectivity index (χ1) is 11.4. The number of rotatable bonds is 5. The number of aliphatic hydroxyl groups is 1. The van der Waals surface area contributed by atoms with Crippen LogP contribution in [0.2, 0.25) is 0 Å². The van der Waals surface area contributed by atoms with Gasteiger partial charge in [0.15, 0.2) is 0 Å². The number of nitro benzene ring substituents is 1. The van der Waals surface area contributed by atoms with Crippen LogP contribution in [0.15, 0.2) is 36.2 Å². The van der Waals surface area contributed by atoms with Gasteiger partial charge in [-0.15, -0.1) is 11.3 Å². The predicted molar refractivity (Wildman–Crippen MR) is 99.5 cm³/mol. The van der Waals surface area contributed by atoms with Gasteiger partial charge < -0.3 is 5.11 Å². The maximum absolute atomic E-state index is 11.0. The average Bonchev–Trinajstić information content (AvgIpc) is 3.01. The number of thiazole rings is 1. The molecule has 128 valence electrons. The van der Waals surface area contributed by atoms with Gasteiger partial charge >= 0.3 is 0 Å². The van der Waals surface area contributed by atoms with Crippen molar-refractivity contribution in [2.75, 3.05) is 7.11 Å². The van der Waals surface area contributed by atoms with Crippen molar-refractivity contribution in [3.63, 3.8) is 0 Å². The first kappa shape index (κ1) is 19.7. The van der Waals surface area contributed by atoms with Crippen LogP contribution >= 0.6 is 11.3 Å². The Morgan fingerprint density at radius 1 is 1.38 bits per heavy atom. The molecule has 0 unspecified atom stereocenters. The zero-order chi connectivity index (χ0) is 18.3. The second kappa shape index (κ2) is 9.10. The Morgan fingerprint density at radius 3 is 2.62 bits per heavy atom. The number of benzene rings is 1. The third-order valence-corrected chi connectivity index (χ3v) is 4.37. The number of hydrogen-bond donors (Lipinski definition) is 1. The summed E-state index contributed by atoms with van der Waals surface area (Å²) in [6.07, 6.45) is 4.37. The summed E-state index contributed by atoms with van der Waals surface area (Å²) in [5, 5.41) is 21.0. The van der Waals surface area contributed by atoms with Crippen LogP contribution in [0.4, 0.5) is 5.69 Å². The fraction of sp³-hybridized carbons (Fsp3) is 0.278. The SMILES string of the molecule is C=C/C=C(\C)c1csc(Cc2cc(C)c([N+](=O)[O-])cc2C)n1.CO. The smallest absolute Gasteiger partial charge is 0.272 e. The summed E-state index contributed by atoms with van der Waals surface area (Å²) in [6.45, 7) is 9.36. The Labute approximate surface area is 146 Å². The first-order valence-corrected chi connectivity index (χ1v) is 8.23. The van der Waals surface area contributed by atoms with Gasteiger partial charge in [0.05, 0.1) is 15.6 Å². The molecule has 0 saturated heterocycles. The number of nitro groups is 1. The highest BCUT2D eigenvalue weighted by molar-refractivity contribution is 7.09. The molecule has 0 bridgehead atoms. The molecule has 1 aromatic carbocycles. The lowest BCUT2D eigenvalue weighted by atomic mass is 10.0. The number of allylic oxidation sites excluding steroid dienone is 3. The molecule has 0 spiro atoms. The number of nitrogens with zero attached hydrogens (tertiary/aromatic N) is 2. The number of aromatic nitrogens is 1. The summed E-state index contributed by atoms with van der Waals surface area (Å²) in [6, 6.07) is 3.53. The van der Waals surface area contributed by atoms with Gasteiger partial charge in [0, 0.05) is 30.5 Å². The van der Waals surface area contributed by atoms with E-state index in [4.69, 9.17) is 5.11 Å². The van der Waals surface area contributed by atoms with E-state index in [0.29, 0.717) is 12.0 Å². The number of hydrogen-bond acceptors (Lipinski definition) is 5. The van der Waals surface area contributed by atoms with Crippen molar-refractivity contribution in [3.8, 4) is 0 Å². The second-order valence-corrected chi connectivity index (χ2v) is 6.15. The summed E-state index contributed by atoms with van der Waals surface area (Å²) < 4.78 is 0. The van der Waals surface area contributed by atoms with E-state index >= 15 is 0 Å². The van der Waals surface area contributed by atoms with Crippen molar-refractivity contribution in [1.82, 2.24) is 4.98 Å². The predicted octanol–water partition coefficient (Wildman–Crippen LogP) is 4.46. The van der Waals surface area contributed by atoms with E-state index in [-0.39, 0.29) is 10.6 Å². The lowest BCUT2D eigenvalue weighted by molar-refractivity contribution is -0.385. The van der Waals surface area contributed by atoms with Crippen LogP contribution in [0, 0.1) is 24.0 Å². The summed E-state index contributed by atoms with van der Waals surface area (Å²) in [5.41, 5.74) is 4.89. The number of aryl methyl sites for hydroxylation is 2. The van der Waals surface area contributed by atoms with Crippen molar-refractivity contribution in [3.05, 3.63) is 73.7 Å². The van der Waals surface area contributed by atoms with Gasteiger partial charge in [-0.05, 0) is 43.5 Å². The Bertz CT molecular complexity index is 764. The van der Waals surface area contributed by atoms with Crippen LogP contribution in [0.5, 0.6) is 0 Å². The van der Waals surface area contributed by atoms with Crippen LogP contribution < -0.4 is 0 Å². The minimum Gasteiger partial charge on any atom is -0.400 e. The molecule has 1 heterocycles. The van der Waals surface area contributed by atoms with Crippen LogP contribution in [-0.4, -0.2) is 22.1 Å². The monoisotopic (exact) mass is 346 g/mol. The molecule has 0 radical (unpaired) electrons. The molecule has 24 heavy (non-hydrogen) atoms. The van der Waals surface area contributed by atoms with Crippen LogP contribution in [0.3, 0.4) is 0 Å². The largest absolute Gasteiger partial charge is 0.400 e. The van der Waals surface area contributed by atoms with Crippen LogP contribution in [0.25, 0.3) is 5.57 Å².